The van der Waals surface area contributed by atoms with Gasteiger partial charge in [0.2, 0.25) is 11.8 Å². The Hall–Kier alpha value is -3.46. The fourth-order valence-corrected chi connectivity index (χ4v) is 3.45. The standard InChI is InChI=1S/C21H21N5O3S/c1-12-8-4-6-10-16(12)23-19(28)13(2)30-21-24-20(29)18(25-26-21)15-9-5-7-11-17(15)22-14(3)27/h4-11,13H,1-3H3,(H,22,27)(H,23,28)(H,24,26,29)/t13-/m0/s1. The second-order valence-corrected chi connectivity index (χ2v) is 7.93. The molecular formula is C21H21N5O3S. The third-order valence-corrected chi connectivity index (χ3v) is 5.20. The van der Waals surface area contributed by atoms with Gasteiger partial charge in [-0.1, -0.05) is 48.2 Å². The van der Waals surface area contributed by atoms with Crippen LogP contribution in [-0.4, -0.2) is 32.2 Å². The largest absolute Gasteiger partial charge is 0.326 e. The van der Waals surface area contributed by atoms with Gasteiger partial charge in [-0.15, -0.1) is 10.2 Å². The number of hydrogen-bond donors (Lipinski definition) is 3. The van der Waals surface area contributed by atoms with Gasteiger partial charge in [0.1, 0.15) is 0 Å². The summed E-state index contributed by atoms with van der Waals surface area (Å²) in [7, 11) is 0. The number of rotatable bonds is 6. The molecule has 8 nitrogen and oxygen atoms in total. The van der Waals surface area contributed by atoms with E-state index in [-0.39, 0.29) is 22.7 Å². The number of H-pyrrole nitrogens is 1. The molecule has 0 aliphatic heterocycles. The van der Waals surface area contributed by atoms with E-state index in [4.69, 9.17) is 0 Å². The van der Waals surface area contributed by atoms with E-state index in [0.717, 1.165) is 23.0 Å². The normalized spacial score (nSPS) is 11.6. The van der Waals surface area contributed by atoms with Gasteiger partial charge in [-0.2, -0.15) is 0 Å². The number of aryl methyl sites for hydroxylation is 1. The number of para-hydroxylation sites is 2. The highest BCUT2D eigenvalue weighted by atomic mass is 32.2. The average Bonchev–Trinajstić information content (AvgIpc) is 2.70. The van der Waals surface area contributed by atoms with E-state index in [1.54, 1.807) is 31.2 Å². The second-order valence-electron chi connectivity index (χ2n) is 6.60. The SMILES string of the molecule is CC(=O)Nc1ccccc1-c1nnc(S[C@@H](C)C(=O)Nc2ccccc2C)[nH]c1=O. The van der Waals surface area contributed by atoms with Crippen molar-refractivity contribution in [3.8, 4) is 11.3 Å². The molecule has 1 atom stereocenters. The number of thioether (sulfide) groups is 1. The van der Waals surface area contributed by atoms with Gasteiger partial charge in [-0.25, -0.2) is 0 Å². The molecule has 3 rings (SSSR count). The highest BCUT2D eigenvalue weighted by Gasteiger charge is 2.18. The van der Waals surface area contributed by atoms with Crippen LogP contribution in [0.15, 0.2) is 58.5 Å². The van der Waals surface area contributed by atoms with Gasteiger partial charge in [0, 0.05) is 18.2 Å². The first-order valence-electron chi connectivity index (χ1n) is 9.22. The van der Waals surface area contributed by atoms with Crippen molar-refractivity contribution in [2.75, 3.05) is 10.6 Å². The Morgan fingerprint density at radius 1 is 1.00 bits per heavy atom. The maximum Gasteiger partial charge on any atom is 0.278 e. The Labute approximate surface area is 177 Å². The molecule has 0 aliphatic rings. The molecule has 1 aromatic heterocycles. The monoisotopic (exact) mass is 423 g/mol. The predicted molar refractivity (Wildman–Crippen MR) is 118 cm³/mol. The van der Waals surface area contributed by atoms with Gasteiger partial charge in [0.15, 0.2) is 10.9 Å². The lowest BCUT2D eigenvalue weighted by atomic mass is 10.1. The molecule has 30 heavy (non-hydrogen) atoms. The zero-order valence-electron chi connectivity index (χ0n) is 16.7. The molecule has 0 bridgehead atoms. The van der Waals surface area contributed by atoms with Gasteiger partial charge in [-0.05, 0) is 31.5 Å². The molecule has 0 saturated heterocycles. The summed E-state index contributed by atoms with van der Waals surface area (Å²) in [6, 6.07) is 14.3. The molecule has 154 valence electrons. The number of aromatic amines is 1. The van der Waals surface area contributed by atoms with Crippen LogP contribution in [0.5, 0.6) is 0 Å². The topological polar surface area (TPSA) is 117 Å². The first-order chi connectivity index (χ1) is 14.3. The van der Waals surface area contributed by atoms with Crippen molar-refractivity contribution in [2.24, 2.45) is 0 Å². The van der Waals surface area contributed by atoms with Gasteiger partial charge >= 0.3 is 0 Å². The Kier molecular flexibility index (Phi) is 6.63. The van der Waals surface area contributed by atoms with E-state index >= 15 is 0 Å². The summed E-state index contributed by atoms with van der Waals surface area (Å²) in [5, 5.41) is 13.3. The summed E-state index contributed by atoms with van der Waals surface area (Å²) in [6.45, 7) is 5.02. The fourth-order valence-electron chi connectivity index (χ4n) is 2.71. The number of amides is 2. The summed E-state index contributed by atoms with van der Waals surface area (Å²) in [4.78, 5) is 39.1. The Balaban J connectivity index is 1.76. The number of carbonyl (C=O) groups is 2. The Morgan fingerprint density at radius 2 is 1.67 bits per heavy atom. The summed E-state index contributed by atoms with van der Waals surface area (Å²) < 4.78 is 0. The van der Waals surface area contributed by atoms with Crippen LogP contribution >= 0.6 is 11.8 Å². The van der Waals surface area contributed by atoms with E-state index < -0.39 is 10.8 Å². The number of carbonyl (C=O) groups excluding carboxylic acids is 2. The second kappa shape index (κ2) is 9.36. The van der Waals surface area contributed by atoms with Crippen molar-refractivity contribution in [3.63, 3.8) is 0 Å². The summed E-state index contributed by atoms with van der Waals surface area (Å²) in [5.74, 6) is -0.468. The molecule has 0 unspecified atom stereocenters. The molecule has 3 N–H and O–H groups in total. The lowest BCUT2D eigenvalue weighted by molar-refractivity contribution is -0.115. The minimum atomic E-state index is -0.507. The van der Waals surface area contributed by atoms with Crippen molar-refractivity contribution < 1.29 is 9.59 Å². The van der Waals surface area contributed by atoms with Crippen LogP contribution < -0.4 is 16.2 Å². The zero-order valence-corrected chi connectivity index (χ0v) is 17.5. The van der Waals surface area contributed by atoms with Crippen molar-refractivity contribution >= 4 is 35.0 Å². The van der Waals surface area contributed by atoms with Crippen LogP contribution in [0.1, 0.15) is 19.4 Å². The third kappa shape index (κ3) is 5.12. The van der Waals surface area contributed by atoms with E-state index in [2.05, 4.69) is 25.8 Å². The molecule has 0 spiro atoms. The number of nitrogens with zero attached hydrogens (tertiary/aromatic N) is 2. The predicted octanol–water partition coefficient (Wildman–Crippen LogP) is 3.22. The van der Waals surface area contributed by atoms with Gasteiger partial charge in [0.25, 0.3) is 5.56 Å². The van der Waals surface area contributed by atoms with Crippen LogP contribution in [0.3, 0.4) is 0 Å². The van der Waals surface area contributed by atoms with Gasteiger partial charge < -0.3 is 10.6 Å². The number of anilines is 2. The van der Waals surface area contributed by atoms with Crippen LogP contribution in [-0.2, 0) is 9.59 Å². The number of nitrogens with one attached hydrogen (secondary N) is 3. The molecule has 0 fully saturated rings. The minimum Gasteiger partial charge on any atom is -0.326 e. The first kappa shape index (κ1) is 21.3. The van der Waals surface area contributed by atoms with Crippen molar-refractivity contribution in [1.82, 2.24) is 15.2 Å². The molecule has 0 aliphatic carbocycles. The number of hydrogen-bond acceptors (Lipinski definition) is 6. The van der Waals surface area contributed by atoms with Crippen molar-refractivity contribution in [2.45, 2.75) is 31.2 Å². The smallest absolute Gasteiger partial charge is 0.278 e. The van der Waals surface area contributed by atoms with Crippen LogP contribution in [0.2, 0.25) is 0 Å². The van der Waals surface area contributed by atoms with Crippen LogP contribution in [0.25, 0.3) is 11.3 Å². The Bertz CT molecular complexity index is 1150. The summed E-state index contributed by atoms with van der Waals surface area (Å²) in [5.41, 5.74) is 2.25. The zero-order chi connectivity index (χ0) is 21.7. The molecule has 3 aromatic rings. The molecule has 9 heteroatoms. The van der Waals surface area contributed by atoms with E-state index in [9.17, 15) is 14.4 Å². The van der Waals surface area contributed by atoms with E-state index in [1.807, 2.05) is 31.2 Å². The highest BCUT2D eigenvalue weighted by Crippen LogP contribution is 2.25. The minimum absolute atomic E-state index is 0.0840. The third-order valence-electron chi connectivity index (χ3n) is 4.23. The summed E-state index contributed by atoms with van der Waals surface area (Å²) in [6.07, 6.45) is 0. The number of benzene rings is 2. The molecule has 0 saturated carbocycles. The summed E-state index contributed by atoms with van der Waals surface area (Å²) >= 11 is 1.10. The molecule has 2 amide bonds. The van der Waals surface area contributed by atoms with Gasteiger partial charge in [-0.3, -0.25) is 19.4 Å². The van der Waals surface area contributed by atoms with E-state index in [1.165, 1.54) is 6.92 Å². The molecule has 1 heterocycles. The van der Waals surface area contributed by atoms with Gasteiger partial charge in [0.05, 0.1) is 10.9 Å². The van der Waals surface area contributed by atoms with Crippen LogP contribution in [0.4, 0.5) is 11.4 Å². The molecule has 0 radical (unpaired) electrons. The maximum absolute atomic E-state index is 12.6. The molecular weight excluding hydrogens is 402 g/mol. The van der Waals surface area contributed by atoms with Crippen molar-refractivity contribution in [3.05, 3.63) is 64.4 Å². The van der Waals surface area contributed by atoms with Crippen LogP contribution in [0, 0.1) is 6.92 Å². The molecule has 2 aromatic carbocycles. The average molecular weight is 423 g/mol. The lowest BCUT2D eigenvalue weighted by Crippen LogP contribution is -2.24. The Morgan fingerprint density at radius 3 is 2.33 bits per heavy atom. The number of aromatic nitrogens is 3. The van der Waals surface area contributed by atoms with E-state index in [0.29, 0.717) is 11.3 Å². The first-order valence-corrected chi connectivity index (χ1v) is 10.1. The highest BCUT2D eigenvalue weighted by molar-refractivity contribution is 8.00. The quantitative estimate of drug-likeness (QED) is 0.524. The lowest BCUT2D eigenvalue weighted by Gasteiger charge is -2.13. The van der Waals surface area contributed by atoms with Crippen molar-refractivity contribution in [1.29, 1.82) is 0 Å². The fraction of sp³-hybridized carbons (Fsp3) is 0.190. The maximum atomic E-state index is 12.6.